The van der Waals surface area contributed by atoms with Gasteiger partial charge in [-0.15, -0.1) is 0 Å². The molecule has 1 aliphatic heterocycles. The molecular weight excluding hydrogens is 235 g/mol. The van der Waals surface area contributed by atoms with Crippen LogP contribution in [0.5, 0.6) is 0 Å². The quantitative estimate of drug-likeness (QED) is 0.497. The predicted molar refractivity (Wildman–Crippen MR) is 35.1 cm³/mol. The summed E-state index contributed by atoms with van der Waals surface area (Å²) in [4.78, 5) is 2.53. The second kappa shape index (κ2) is 3.99. The molecule has 2 heteroatoms. The van der Waals surface area contributed by atoms with Gasteiger partial charge in [-0.2, -0.15) is 0 Å². The Bertz CT molecular complexity index is 57.5. The van der Waals surface area contributed by atoms with Gasteiger partial charge >= 0.3 is 52.7 Å². The van der Waals surface area contributed by atoms with Crippen molar-refractivity contribution in [2.24, 2.45) is 0 Å². The van der Waals surface area contributed by atoms with Crippen molar-refractivity contribution in [1.82, 2.24) is 0 Å². The molecule has 1 fully saturated rings. The Balaban J connectivity index is 0.000000490. The second-order valence-electron chi connectivity index (χ2n) is 2.35. The molecule has 0 amide bonds. The molecule has 0 bridgehead atoms. The van der Waals surface area contributed by atoms with E-state index < -0.39 is 19.6 Å². The maximum absolute atomic E-state index is 2.53. The summed E-state index contributed by atoms with van der Waals surface area (Å²) >= 11 is -0.403. The molecular formula is C6H13ClTe. The van der Waals surface area contributed by atoms with Gasteiger partial charge in [0.25, 0.3) is 0 Å². The normalized spacial score (nSPS) is 30.0. The van der Waals surface area contributed by atoms with E-state index in [1.165, 1.54) is 3.97 Å². The fourth-order valence-electron chi connectivity index (χ4n) is 1.00. The molecule has 1 atom stereocenters. The number of hydrogen-bond donors (Lipinski definition) is 0. The van der Waals surface area contributed by atoms with Gasteiger partial charge in [-0.25, -0.2) is 0 Å². The van der Waals surface area contributed by atoms with Crippen LogP contribution in [-0.4, -0.2) is 19.6 Å². The molecule has 1 aliphatic rings. The maximum Gasteiger partial charge on any atom is -1.00 e. The molecule has 0 aromatic carbocycles. The van der Waals surface area contributed by atoms with Crippen LogP contribution in [0.3, 0.4) is 0 Å². The summed E-state index contributed by atoms with van der Waals surface area (Å²) in [5, 5.41) is 0. The molecule has 0 spiro atoms. The van der Waals surface area contributed by atoms with Crippen LogP contribution in [0.4, 0.5) is 0 Å². The maximum atomic E-state index is 2.53. The second-order valence-corrected chi connectivity index (χ2v) is 9.75. The first-order valence-corrected chi connectivity index (χ1v) is 8.24. The molecule has 0 nitrogen and oxygen atoms in total. The molecule has 0 N–H and O–H groups in total. The van der Waals surface area contributed by atoms with Crippen molar-refractivity contribution >= 4 is 19.6 Å². The van der Waals surface area contributed by atoms with Gasteiger partial charge < -0.3 is 12.4 Å². The van der Waals surface area contributed by atoms with Crippen molar-refractivity contribution in [3.63, 3.8) is 0 Å². The van der Waals surface area contributed by atoms with E-state index in [1.807, 2.05) is 0 Å². The minimum Gasteiger partial charge on any atom is -1.00 e. The van der Waals surface area contributed by atoms with E-state index in [1.54, 1.807) is 17.3 Å². The molecule has 1 unspecified atom stereocenters. The smallest absolute Gasteiger partial charge is 1.00 e. The Morgan fingerprint density at radius 2 is 2.12 bits per heavy atom. The van der Waals surface area contributed by atoms with E-state index in [0.29, 0.717) is 0 Å². The summed E-state index contributed by atoms with van der Waals surface area (Å²) in [6, 6.07) is 0. The van der Waals surface area contributed by atoms with E-state index in [4.69, 9.17) is 0 Å². The standard InChI is InChI=1S/C6H13Te.ClH/c1-6-4-3-5-7(6)2;/h6H,3-5H2,1-2H3;1H/q+1;/p-1. The predicted octanol–water partition coefficient (Wildman–Crippen LogP) is -0.701. The van der Waals surface area contributed by atoms with E-state index in [2.05, 4.69) is 11.9 Å². The van der Waals surface area contributed by atoms with Crippen molar-refractivity contribution in [1.29, 1.82) is 0 Å². The van der Waals surface area contributed by atoms with Gasteiger partial charge in [0.15, 0.2) is 0 Å². The topological polar surface area (TPSA) is 0 Å². The first-order valence-electron chi connectivity index (χ1n) is 2.92. The zero-order valence-electron chi connectivity index (χ0n) is 5.48. The van der Waals surface area contributed by atoms with Crippen molar-refractivity contribution < 1.29 is 12.4 Å². The monoisotopic (exact) mass is 250 g/mol. The Morgan fingerprint density at radius 3 is 2.25 bits per heavy atom. The SMILES string of the molecule is CC1CCC[Te+]1C.[Cl-]. The zero-order valence-corrected chi connectivity index (χ0v) is 8.57. The summed E-state index contributed by atoms with van der Waals surface area (Å²) in [6.07, 6.45) is 3.10. The molecule has 50 valence electrons. The molecule has 0 aromatic rings. The van der Waals surface area contributed by atoms with Gasteiger partial charge in [0.1, 0.15) is 0 Å². The van der Waals surface area contributed by atoms with E-state index in [9.17, 15) is 0 Å². The molecule has 0 aliphatic carbocycles. The van der Waals surface area contributed by atoms with Crippen LogP contribution < -0.4 is 12.4 Å². The number of rotatable bonds is 0. The Labute approximate surface area is 65.1 Å². The van der Waals surface area contributed by atoms with Crippen molar-refractivity contribution in [3.05, 3.63) is 0 Å². The van der Waals surface area contributed by atoms with Crippen molar-refractivity contribution in [2.45, 2.75) is 33.2 Å². The van der Waals surface area contributed by atoms with Gasteiger partial charge in [-0.3, -0.25) is 0 Å². The fourth-order valence-corrected chi connectivity index (χ4v) is 5.55. The Morgan fingerprint density at radius 1 is 1.50 bits per heavy atom. The minimum absolute atomic E-state index is 0. The zero-order chi connectivity index (χ0) is 5.28. The van der Waals surface area contributed by atoms with Crippen LogP contribution in [0.1, 0.15) is 19.8 Å². The minimum atomic E-state index is -0.403. The first kappa shape index (κ1) is 9.08. The molecule has 0 saturated carbocycles. The van der Waals surface area contributed by atoms with Crippen LogP contribution in [0.2, 0.25) is 13.4 Å². The third kappa shape index (κ3) is 2.13. The summed E-state index contributed by atoms with van der Waals surface area (Å²) in [6.45, 7) is 2.43. The number of halogens is 1. The van der Waals surface area contributed by atoms with Gasteiger partial charge in [0.2, 0.25) is 0 Å². The third-order valence-electron chi connectivity index (χ3n) is 1.76. The summed E-state index contributed by atoms with van der Waals surface area (Å²) in [5.74, 6) is 0. The molecule has 8 heavy (non-hydrogen) atoms. The Hall–Kier alpha value is 1.08. The van der Waals surface area contributed by atoms with Crippen LogP contribution >= 0.6 is 0 Å². The Kier molecular flexibility index (Phi) is 4.52. The van der Waals surface area contributed by atoms with Crippen LogP contribution in [0.25, 0.3) is 0 Å². The summed E-state index contributed by atoms with van der Waals surface area (Å²) in [7, 11) is 0. The average Bonchev–Trinajstić information content (AvgIpc) is 1.91. The van der Waals surface area contributed by atoms with Gasteiger partial charge in [0.05, 0.1) is 0 Å². The summed E-state index contributed by atoms with van der Waals surface area (Å²) in [5.41, 5.74) is 0. The molecule has 0 aromatic heterocycles. The van der Waals surface area contributed by atoms with Gasteiger partial charge in [0, 0.05) is 0 Å². The third-order valence-corrected chi connectivity index (χ3v) is 9.02. The van der Waals surface area contributed by atoms with Crippen LogP contribution in [0, 0.1) is 0 Å². The van der Waals surface area contributed by atoms with Crippen molar-refractivity contribution in [3.8, 4) is 0 Å². The molecule has 1 rings (SSSR count). The molecule has 0 radical (unpaired) electrons. The van der Waals surface area contributed by atoms with E-state index in [0.717, 1.165) is 0 Å². The largest absolute Gasteiger partial charge is 1.00 e. The fraction of sp³-hybridized carbons (Fsp3) is 1.00. The van der Waals surface area contributed by atoms with Crippen LogP contribution in [-0.2, 0) is 0 Å². The molecule has 1 saturated heterocycles. The van der Waals surface area contributed by atoms with Gasteiger partial charge in [-0.05, 0) is 0 Å². The first-order chi connectivity index (χ1) is 3.30. The van der Waals surface area contributed by atoms with E-state index >= 15 is 0 Å². The summed E-state index contributed by atoms with van der Waals surface area (Å²) < 4.78 is 2.83. The van der Waals surface area contributed by atoms with Crippen LogP contribution in [0.15, 0.2) is 0 Å². The van der Waals surface area contributed by atoms with E-state index in [-0.39, 0.29) is 12.4 Å². The van der Waals surface area contributed by atoms with Crippen molar-refractivity contribution in [2.75, 3.05) is 0 Å². The average molecular weight is 248 g/mol. The van der Waals surface area contributed by atoms with Gasteiger partial charge in [-0.1, -0.05) is 0 Å². The molecule has 1 heterocycles. The number of hydrogen-bond acceptors (Lipinski definition) is 0.